The van der Waals surface area contributed by atoms with E-state index < -0.39 is 0 Å². The molecule has 3 nitrogen and oxygen atoms in total. The van der Waals surface area contributed by atoms with Gasteiger partial charge in [-0.3, -0.25) is 0 Å². The minimum absolute atomic E-state index is 0.666. The molecule has 0 bridgehead atoms. The summed E-state index contributed by atoms with van der Waals surface area (Å²) in [4.78, 5) is 14.7. The topological polar surface area (TPSA) is 38.7 Å². The second-order valence-electron chi connectivity index (χ2n) is 9.36. The maximum absolute atomic E-state index is 4.92. The summed E-state index contributed by atoms with van der Waals surface area (Å²) in [5, 5.41) is 2.62. The molecule has 7 rings (SSSR count). The van der Waals surface area contributed by atoms with Crippen LogP contribution >= 0.6 is 11.3 Å². The molecule has 0 radical (unpaired) electrons. The molecule has 7 aromatic rings. The molecule has 0 N–H and O–H groups in total. The van der Waals surface area contributed by atoms with Crippen LogP contribution in [0.5, 0.6) is 0 Å². The molecule has 0 spiro atoms. The molecule has 0 aliphatic carbocycles. The second kappa shape index (κ2) is 9.36. The largest absolute Gasteiger partial charge is 0.208 e. The smallest absolute Gasteiger partial charge is 0.164 e. The third-order valence-electron chi connectivity index (χ3n) is 6.85. The van der Waals surface area contributed by atoms with E-state index in [0.717, 1.165) is 22.3 Å². The quantitative estimate of drug-likeness (QED) is 0.239. The van der Waals surface area contributed by atoms with Gasteiger partial charge in [-0.05, 0) is 22.6 Å². The average molecular weight is 503 g/mol. The summed E-state index contributed by atoms with van der Waals surface area (Å²) in [5.41, 5.74) is 6.60. The van der Waals surface area contributed by atoms with Crippen LogP contribution < -0.4 is 5.46 Å². The average Bonchev–Trinajstić information content (AvgIpc) is 3.38. The molecule has 178 valence electrons. The Hall–Kier alpha value is -4.61. The number of nitrogens with zero attached hydrogens (tertiary/aromatic N) is 3. The molecular formula is C33H22BN3S. The highest BCUT2D eigenvalue weighted by Gasteiger charge is 2.15. The van der Waals surface area contributed by atoms with Crippen molar-refractivity contribution in [2.45, 2.75) is 0 Å². The molecule has 2 aromatic heterocycles. The van der Waals surface area contributed by atoms with Gasteiger partial charge in [-0.2, -0.15) is 0 Å². The zero-order valence-corrected chi connectivity index (χ0v) is 21.6. The van der Waals surface area contributed by atoms with Crippen LogP contribution in [0.4, 0.5) is 0 Å². The number of fused-ring (bicyclic) bond motifs is 3. The first-order valence-corrected chi connectivity index (χ1v) is 13.4. The van der Waals surface area contributed by atoms with E-state index in [9.17, 15) is 0 Å². The summed E-state index contributed by atoms with van der Waals surface area (Å²) >= 11 is 1.87. The van der Waals surface area contributed by atoms with E-state index in [-0.39, 0.29) is 0 Å². The Morgan fingerprint density at radius 2 is 0.947 bits per heavy atom. The Labute approximate surface area is 225 Å². The van der Waals surface area contributed by atoms with Gasteiger partial charge in [-0.15, -0.1) is 11.3 Å². The van der Waals surface area contributed by atoms with Crippen molar-refractivity contribution in [2.75, 3.05) is 0 Å². The number of benzene rings is 5. The Morgan fingerprint density at radius 1 is 0.447 bits per heavy atom. The minimum atomic E-state index is 0.666. The van der Waals surface area contributed by atoms with Crippen molar-refractivity contribution >= 4 is 44.8 Å². The van der Waals surface area contributed by atoms with Crippen molar-refractivity contribution in [1.29, 1.82) is 0 Å². The summed E-state index contributed by atoms with van der Waals surface area (Å²) < 4.78 is 2.66. The molecule has 0 atom stereocenters. The number of hydrogen-bond donors (Lipinski definition) is 0. The van der Waals surface area contributed by atoms with Crippen LogP contribution in [0, 0.1) is 0 Å². The van der Waals surface area contributed by atoms with Crippen LogP contribution in [0.25, 0.3) is 65.5 Å². The summed E-state index contributed by atoms with van der Waals surface area (Å²) in [6.45, 7) is 0. The van der Waals surface area contributed by atoms with E-state index in [1.807, 2.05) is 72.0 Å². The Morgan fingerprint density at radius 3 is 1.61 bits per heavy atom. The molecule has 5 aromatic carbocycles. The minimum Gasteiger partial charge on any atom is -0.208 e. The SMILES string of the molecule is Bc1cccc2c1sc1c(-c3cccc(-c4nc(-c5ccccc5)nc(-c5ccccc5)n4)c3)cccc12. The fraction of sp³-hybridized carbons (Fsp3) is 0. The summed E-state index contributed by atoms with van der Waals surface area (Å²) in [6.07, 6.45) is 0. The fourth-order valence-corrected chi connectivity index (χ4v) is 6.26. The molecule has 0 aliphatic rings. The van der Waals surface area contributed by atoms with Crippen LogP contribution in [-0.4, -0.2) is 22.8 Å². The standard InChI is InChI=1S/C33H22BN3S/c34-28-19-9-18-27-26-17-8-16-25(29(26)38-30(27)28)23-14-7-15-24(20-23)33-36-31(21-10-3-1-4-11-21)35-32(37-33)22-12-5-2-6-13-22/h1-20H,34H2. The first kappa shape index (κ1) is 22.6. The van der Waals surface area contributed by atoms with Gasteiger partial charge in [-0.1, -0.05) is 121 Å². The van der Waals surface area contributed by atoms with Crippen LogP contribution in [0.3, 0.4) is 0 Å². The normalized spacial score (nSPS) is 11.3. The van der Waals surface area contributed by atoms with Crippen LogP contribution in [0.1, 0.15) is 0 Å². The van der Waals surface area contributed by atoms with Crippen molar-refractivity contribution in [1.82, 2.24) is 15.0 Å². The van der Waals surface area contributed by atoms with E-state index in [0.29, 0.717) is 17.5 Å². The van der Waals surface area contributed by atoms with E-state index >= 15 is 0 Å². The maximum atomic E-state index is 4.92. The Bertz CT molecular complexity index is 1870. The van der Waals surface area contributed by atoms with Crippen LogP contribution in [-0.2, 0) is 0 Å². The van der Waals surface area contributed by atoms with Crippen molar-refractivity contribution in [3.8, 4) is 45.3 Å². The predicted molar refractivity (Wildman–Crippen MR) is 163 cm³/mol. The molecule has 0 aliphatic heterocycles. The van der Waals surface area contributed by atoms with Gasteiger partial charge < -0.3 is 0 Å². The van der Waals surface area contributed by atoms with Gasteiger partial charge >= 0.3 is 0 Å². The summed E-state index contributed by atoms with van der Waals surface area (Å²) in [6, 6.07) is 41.9. The van der Waals surface area contributed by atoms with Gasteiger partial charge in [0.25, 0.3) is 0 Å². The lowest BCUT2D eigenvalue weighted by Gasteiger charge is -2.10. The van der Waals surface area contributed by atoms with Gasteiger partial charge in [0.05, 0.1) is 0 Å². The van der Waals surface area contributed by atoms with Gasteiger partial charge in [-0.25, -0.2) is 15.0 Å². The summed E-state index contributed by atoms with van der Waals surface area (Å²) in [7, 11) is 2.19. The number of rotatable bonds is 4. The Kier molecular flexibility index (Phi) is 5.56. The van der Waals surface area contributed by atoms with E-state index in [2.05, 4.69) is 68.5 Å². The molecule has 2 heterocycles. The van der Waals surface area contributed by atoms with E-state index in [1.54, 1.807) is 0 Å². The van der Waals surface area contributed by atoms with E-state index in [4.69, 9.17) is 15.0 Å². The third kappa shape index (κ3) is 3.98. The maximum Gasteiger partial charge on any atom is 0.164 e. The van der Waals surface area contributed by atoms with Crippen molar-refractivity contribution in [3.63, 3.8) is 0 Å². The van der Waals surface area contributed by atoms with E-state index in [1.165, 1.54) is 31.2 Å². The molecule has 0 unspecified atom stereocenters. The van der Waals surface area contributed by atoms with Crippen molar-refractivity contribution < 1.29 is 0 Å². The highest BCUT2D eigenvalue weighted by atomic mass is 32.1. The Balaban J connectivity index is 1.40. The van der Waals surface area contributed by atoms with Gasteiger partial charge in [0.1, 0.15) is 7.85 Å². The third-order valence-corrected chi connectivity index (χ3v) is 8.24. The molecule has 5 heteroatoms. The van der Waals surface area contributed by atoms with Gasteiger partial charge in [0.15, 0.2) is 17.5 Å². The van der Waals surface area contributed by atoms with Gasteiger partial charge in [0.2, 0.25) is 0 Å². The molecule has 0 saturated carbocycles. The molecule has 0 amide bonds. The lowest BCUT2D eigenvalue weighted by Crippen LogP contribution is -2.00. The lowest BCUT2D eigenvalue weighted by atomic mass is 9.94. The number of aromatic nitrogens is 3. The monoisotopic (exact) mass is 503 g/mol. The number of thiophene rings is 1. The molecule has 0 saturated heterocycles. The van der Waals surface area contributed by atoms with Crippen molar-refractivity contribution in [2.24, 2.45) is 0 Å². The molecule has 38 heavy (non-hydrogen) atoms. The summed E-state index contributed by atoms with van der Waals surface area (Å²) in [5.74, 6) is 2.00. The first-order valence-electron chi connectivity index (χ1n) is 12.6. The lowest BCUT2D eigenvalue weighted by molar-refractivity contribution is 1.07. The molecule has 0 fully saturated rings. The van der Waals surface area contributed by atoms with Crippen molar-refractivity contribution in [3.05, 3.63) is 121 Å². The second-order valence-corrected chi connectivity index (χ2v) is 10.4. The zero-order chi connectivity index (χ0) is 25.5. The highest BCUT2D eigenvalue weighted by Crippen LogP contribution is 2.39. The van der Waals surface area contributed by atoms with Crippen LogP contribution in [0.2, 0.25) is 0 Å². The van der Waals surface area contributed by atoms with Gasteiger partial charge in [0, 0.05) is 31.5 Å². The molecular weight excluding hydrogens is 481 g/mol. The number of hydrogen-bond acceptors (Lipinski definition) is 4. The highest BCUT2D eigenvalue weighted by molar-refractivity contribution is 7.27. The fourth-order valence-electron chi connectivity index (χ4n) is 4.95. The predicted octanol–water partition coefficient (Wildman–Crippen LogP) is 7.17. The van der Waals surface area contributed by atoms with Crippen LogP contribution in [0.15, 0.2) is 121 Å². The first-order chi connectivity index (χ1) is 18.7. The zero-order valence-electron chi connectivity index (χ0n) is 20.8.